The van der Waals surface area contributed by atoms with Crippen molar-refractivity contribution in [1.82, 2.24) is 20.1 Å². The average Bonchev–Trinajstić information content (AvgIpc) is 3.37. The molecule has 6 heteroatoms. The molecule has 1 amide bonds. The molecular weight excluding hydrogens is 356 g/mol. The van der Waals surface area contributed by atoms with Crippen LogP contribution in [0.2, 0.25) is 0 Å². The topological polar surface area (TPSA) is 59.8 Å². The summed E-state index contributed by atoms with van der Waals surface area (Å²) >= 11 is 1.64. The second kappa shape index (κ2) is 7.55. The van der Waals surface area contributed by atoms with E-state index >= 15 is 0 Å². The Bertz CT molecular complexity index is 1060. The number of nitrogens with zero attached hydrogens (tertiary/aromatic N) is 3. The first kappa shape index (κ1) is 17.2. The van der Waals surface area contributed by atoms with Gasteiger partial charge >= 0.3 is 0 Å². The van der Waals surface area contributed by atoms with Gasteiger partial charge in [-0.05, 0) is 42.1 Å². The highest BCUT2D eigenvalue weighted by atomic mass is 32.1. The van der Waals surface area contributed by atoms with Crippen molar-refractivity contribution < 1.29 is 4.79 Å². The molecule has 0 atom stereocenters. The lowest BCUT2D eigenvalue weighted by Crippen LogP contribution is -2.23. The molecule has 134 valence electrons. The minimum absolute atomic E-state index is 0.143. The standard InChI is InChI=1S/C21H18N4OS/c1-15-18(14-24-25(15)17-8-3-2-4-9-17)21(26)23-13-16-7-5-11-22-20(16)19-10-6-12-27-19/h2-12,14H,13H2,1H3,(H,23,26). The van der Waals surface area contributed by atoms with Crippen LogP contribution in [-0.2, 0) is 6.54 Å². The van der Waals surface area contributed by atoms with Crippen molar-refractivity contribution in [3.05, 3.63) is 89.2 Å². The normalized spacial score (nSPS) is 10.7. The second-order valence-electron chi connectivity index (χ2n) is 6.06. The van der Waals surface area contributed by atoms with E-state index in [1.54, 1.807) is 28.4 Å². The SMILES string of the molecule is Cc1c(C(=O)NCc2cccnc2-c2cccs2)cnn1-c1ccccc1. The van der Waals surface area contributed by atoms with Gasteiger partial charge in [-0.2, -0.15) is 5.10 Å². The highest BCUT2D eigenvalue weighted by Crippen LogP contribution is 2.25. The molecule has 27 heavy (non-hydrogen) atoms. The van der Waals surface area contributed by atoms with Gasteiger partial charge in [0.25, 0.3) is 5.91 Å². The quantitative estimate of drug-likeness (QED) is 0.569. The summed E-state index contributed by atoms with van der Waals surface area (Å²) in [5.74, 6) is -0.143. The van der Waals surface area contributed by atoms with Gasteiger partial charge in [0.15, 0.2) is 0 Å². The molecule has 5 nitrogen and oxygen atoms in total. The van der Waals surface area contributed by atoms with Crippen LogP contribution < -0.4 is 5.32 Å². The maximum atomic E-state index is 12.7. The molecule has 0 radical (unpaired) electrons. The zero-order chi connectivity index (χ0) is 18.6. The summed E-state index contributed by atoms with van der Waals surface area (Å²) < 4.78 is 1.77. The number of rotatable bonds is 5. The summed E-state index contributed by atoms with van der Waals surface area (Å²) in [6.45, 7) is 2.31. The summed E-state index contributed by atoms with van der Waals surface area (Å²) in [4.78, 5) is 18.3. The van der Waals surface area contributed by atoms with E-state index in [4.69, 9.17) is 0 Å². The van der Waals surface area contributed by atoms with Gasteiger partial charge in [-0.3, -0.25) is 9.78 Å². The Balaban J connectivity index is 1.53. The van der Waals surface area contributed by atoms with Crippen molar-refractivity contribution >= 4 is 17.2 Å². The van der Waals surface area contributed by atoms with Crippen molar-refractivity contribution in [2.45, 2.75) is 13.5 Å². The van der Waals surface area contributed by atoms with Gasteiger partial charge in [0, 0.05) is 12.7 Å². The lowest BCUT2D eigenvalue weighted by atomic mass is 10.1. The maximum absolute atomic E-state index is 12.7. The van der Waals surface area contributed by atoms with Crippen LogP contribution >= 0.6 is 11.3 Å². The largest absolute Gasteiger partial charge is 0.348 e. The molecule has 4 aromatic rings. The number of nitrogens with one attached hydrogen (secondary N) is 1. The minimum Gasteiger partial charge on any atom is -0.348 e. The van der Waals surface area contributed by atoms with E-state index in [0.29, 0.717) is 12.1 Å². The van der Waals surface area contributed by atoms with Gasteiger partial charge in [-0.15, -0.1) is 11.3 Å². The molecule has 1 aromatic carbocycles. The van der Waals surface area contributed by atoms with E-state index in [1.165, 1.54) is 0 Å². The van der Waals surface area contributed by atoms with Crippen molar-refractivity contribution in [3.63, 3.8) is 0 Å². The fourth-order valence-electron chi connectivity index (χ4n) is 2.95. The van der Waals surface area contributed by atoms with E-state index in [1.807, 2.05) is 66.9 Å². The van der Waals surface area contributed by atoms with Gasteiger partial charge in [-0.1, -0.05) is 30.3 Å². The van der Waals surface area contributed by atoms with Crippen molar-refractivity contribution in [2.75, 3.05) is 0 Å². The van der Waals surface area contributed by atoms with E-state index < -0.39 is 0 Å². The maximum Gasteiger partial charge on any atom is 0.255 e. The average molecular weight is 374 g/mol. The van der Waals surface area contributed by atoms with Crippen LogP contribution in [0.1, 0.15) is 21.6 Å². The molecule has 0 fully saturated rings. The Kier molecular flexibility index (Phi) is 4.80. The van der Waals surface area contributed by atoms with Crippen molar-refractivity contribution in [1.29, 1.82) is 0 Å². The number of pyridine rings is 1. The number of thiophene rings is 1. The summed E-state index contributed by atoms with van der Waals surface area (Å²) in [5, 5.41) is 9.38. The van der Waals surface area contributed by atoms with Crippen LogP contribution in [0, 0.1) is 6.92 Å². The summed E-state index contributed by atoms with van der Waals surface area (Å²) in [6.07, 6.45) is 3.38. The molecule has 0 aliphatic rings. The number of benzene rings is 1. The number of carbonyl (C=O) groups excluding carboxylic acids is 1. The molecule has 0 saturated carbocycles. The van der Waals surface area contributed by atoms with Gasteiger partial charge in [0.1, 0.15) is 0 Å². The molecular formula is C21H18N4OS. The Labute approximate surface area is 161 Å². The summed E-state index contributed by atoms with van der Waals surface area (Å²) in [7, 11) is 0. The highest BCUT2D eigenvalue weighted by molar-refractivity contribution is 7.13. The molecule has 0 bridgehead atoms. The predicted octanol–water partition coefficient (Wildman–Crippen LogP) is 4.23. The first-order valence-corrected chi connectivity index (χ1v) is 9.48. The Hall–Kier alpha value is -3.25. The third-order valence-corrected chi connectivity index (χ3v) is 5.22. The molecule has 0 aliphatic heterocycles. The van der Waals surface area contributed by atoms with Crippen molar-refractivity contribution in [3.8, 4) is 16.3 Å². The number of amides is 1. The first-order chi connectivity index (χ1) is 13.2. The van der Waals surface area contributed by atoms with Gasteiger partial charge in [0.05, 0.1) is 33.7 Å². The van der Waals surface area contributed by atoms with Crippen LogP contribution in [0.15, 0.2) is 72.4 Å². The number of hydrogen-bond acceptors (Lipinski definition) is 4. The first-order valence-electron chi connectivity index (χ1n) is 8.60. The third kappa shape index (κ3) is 3.52. The lowest BCUT2D eigenvalue weighted by Gasteiger charge is -2.09. The number of aromatic nitrogens is 3. The molecule has 0 saturated heterocycles. The van der Waals surface area contributed by atoms with Crippen LogP contribution in [-0.4, -0.2) is 20.7 Å². The summed E-state index contributed by atoms with van der Waals surface area (Å²) in [6, 6.07) is 17.7. The monoisotopic (exact) mass is 374 g/mol. The molecule has 4 rings (SSSR count). The van der Waals surface area contributed by atoms with Gasteiger partial charge < -0.3 is 5.32 Å². The van der Waals surface area contributed by atoms with Crippen molar-refractivity contribution in [2.24, 2.45) is 0 Å². The van der Waals surface area contributed by atoms with E-state index in [0.717, 1.165) is 27.5 Å². The molecule has 0 aliphatic carbocycles. The van der Waals surface area contributed by atoms with E-state index in [2.05, 4.69) is 15.4 Å². The smallest absolute Gasteiger partial charge is 0.255 e. The van der Waals surface area contributed by atoms with E-state index in [-0.39, 0.29) is 5.91 Å². The zero-order valence-corrected chi connectivity index (χ0v) is 15.6. The Morgan fingerprint density at radius 2 is 1.96 bits per heavy atom. The van der Waals surface area contributed by atoms with Gasteiger partial charge in [-0.25, -0.2) is 4.68 Å². The molecule has 0 unspecified atom stereocenters. The fourth-order valence-corrected chi connectivity index (χ4v) is 3.71. The number of carbonyl (C=O) groups is 1. The zero-order valence-electron chi connectivity index (χ0n) is 14.8. The Morgan fingerprint density at radius 1 is 1.11 bits per heavy atom. The minimum atomic E-state index is -0.143. The predicted molar refractivity (Wildman–Crippen MR) is 107 cm³/mol. The second-order valence-corrected chi connectivity index (χ2v) is 7.01. The number of para-hydroxylation sites is 1. The fraction of sp³-hybridized carbons (Fsp3) is 0.0952. The van der Waals surface area contributed by atoms with Crippen LogP contribution in [0.5, 0.6) is 0 Å². The molecule has 1 N–H and O–H groups in total. The van der Waals surface area contributed by atoms with Crippen LogP contribution in [0.4, 0.5) is 0 Å². The molecule has 0 spiro atoms. The number of hydrogen-bond donors (Lipinski definition) is 1. The van der Waals surface area contributed by atoms with Crippen LogP contribution in [0.3, 0.4) is 0 Å². The molecule has 3 aromatic heterocycles. The summed E-state index contributed by atoms with van der Waals surface area (Å²) in [5.41, 5.74) is 4.20. The van der Waals surface area contributed by atoms with Gasteiger partial charge in [0.2, 0.25) is 0 Å². The highest BCUT2D eigenvalue weighted by Gasteiger charge is 2.16. The van der Waals surface area contributed by atoms with Crippen LogP contribution in [0.25, 0.3) is 16.3 Å². The Morgan fingerprint density at radius 3 is 2.74 bits per heavy atom. The third-order valence-electron chi connectivity index (χ3n) is 4.34. The molecule has 3 heterocycles. The lowest BCUT2D eigenvalue weighted by molar-refractivity contribution is 0.0950. The van der Waals surface area contributed by atoms with E-state index in [9.17, 15) is 4.79 Å².